The summed E-state index contributed by atoms with van der Waals surface area (Å²) in [7, 11) is 1.66. The van der Waals surface area contributed by atoms with Gasteiger partial charge in [-0.15, -0.1) is 0 Å². The van der Waals surface area contributed by atoms with E-state index >= 15 is 0 Å². The lowest BCUT2D eigenvalue weighted by Gasteiger charge is -2.17. The van der Waals surface area contributed by atoms with Gasteiger partial charge in [-0.25, -0.2) is 0 Å². The van der Waals surface area contributed by atoms with Crippen LogP contribution in [0, 0.1) is 0 Å². The molecule has 0 heterocycles. The van der Waals surface area contributed by atoms with Gasteiger partial charge in [0.1, 0.15) is 0 Å². The average molecular weight is 161 g/mol. The first-order valence-electron chi connectivity index (χ1n) is 3.92. The lowest BCUT2D eigenvalue weighted by Crippen LogP contribution is -2.33. The van der Waals surface area contributed by atoms with Gasteiger partial charge in [0.2, 0.25) is 0 Å². The Bertz CT molecular complexity index is 88.6. The Balaban J connectivity index is 3.02. The first-order chi connectivity index (χ1) is 5.06. The number of methoxy groups -OCH3 is 1. The van der Waals surface area contributed by atoms with Crippen LogP contribution in [-0.2, 0) is 9.47 Å². The molecule has 2 N–H and O–H groups in total. The summed E-state index contributed by atoms with van der Waals surface area (Å²) < 4.78 is 10.1. The van der Waals surface area contributed by atoms with Crippen molar-refractivity contribution in [2.75, 3.05) is 26.9 Å². The number of nitrogens with two attached hydrogens (primary N) is 1. The minimum atomic E-state index is -0.118. The summed E-state index contributed by atoms with van der Waals surface area (Å²) in [5.74, 6) is 0. The smallest absolute Gasteiger partial charge is 0.0700 e. The zero-order valence-corrected chi connectivity index (χ0v) is 7.72. The van der Waals surface area contributed by atoms with Gasteiger partial charge < -0.3 is 15.2 Å². The Kier molecular flexibility index (Phi) is 5.46. The molecule has 68 valence electrons. The second kappa shape index (κ2) is 5.52. The zero-order valence-electron chi connectivity index (χ0n) is 7.72. The Labute approximate surface area is 68.9 Å². The molecule has 0 unspecified atom stereocenters. The first kappa shape index (κ1) is 10.9. The summed E-state index contributed by atoms with van der Waals surface area (Å²) in [5, 5.41) is 0. The molecule has 0 saturated heterocycles. The van der Waals surface area contributed by atoms with Crippen molar-refractivity contribution in [3.63, 3.8) is 0 Å². The van der Waals surface area contributed by atoms with Gasteiger partial charge in [-0.05, 0) is 20.3 Å². The highest BCUT2D eigenvalue weighted by Gasteiger charge is 2.08. The quantitative estimate of drug-likeness (QED) is 0.585. The summed E-state index contributed by atoms with van der Waals surface area (Å²) in [5.41, 5.74) is 5.62. The van der Waals surface area contributed by atoms with Gasteiger partial charge in [-0.3, -0.25) is 0 Å². The van der Waals surface area contributed by atoms with E-state index in [9.17, 15) is 0 Å². The van der Waals surface area contributed by atoms with Crippen molar-refractivity contribution in [2.45, 2.75) is 25.8 Å². The number of ether oxygens (including phenoxy) is 2. The number of hydrogen-bond acceptors (Lipinski definition) is 3. The molecule has 0 aliphatic heterocycles. The molecule has 3 nitrogen and oxygen atoms in total. The predicted octanol–water partition coefficient (Wildman–Crippen LogP) is 0.777. The van der Waals surface area contributed by atoms with Gasteiger partial charge in [-0.2, -0.15) is 0 Å². The van der Waals surface area contributed by atoms with E-state index in [0.717, 1.165) is 6.42 Å². The zero-order chi connectivity index (χ0) is 8.74. The van der Waals surface area contributed by atoms with Crippen LogP contribution >= 0.6 is 0 Å². The van der Waals surface area contributed by atoms with E-state index < -0.39 is 0 Å². The number of rotatable bonds is 6. The van der Waals surface area contributed by atoms with Crippen molar-refractivity contribution in [2.24, 2.45) is 5.73 Å². The van der Waals surface area contributed by atoms with Crippen LogP contribution in [0.4, 0.5) is 0 Å². The van der Waals surface area contributed by atoms with Crippen molar-refractivity contribution in [1.82, 2.24) is 0 Å². The first-order valence-corrected chi connectivity index (χ1v) is 3.92. The molecule has 0 bridgehead atoms. The van der Waals surface area contributed by atoms with E-state index in [4.69, 9.17) is 15.2 Å². The maximum Gasteiger partial charge on any atom is 0.0700 e. The molecule has 0 aliphatic carbocycles. The van der Waals surface area contributed by atoms with E-state index in [1.807, 2.05) is 13.8 Å². The van der Waals surface area contributed by atoms with E-state index in [1.165, 1.54) is 0 Å². The normalized spacial score (nSPS) is 12.0. The highest BCUT2D eigenvalue weighted by molar-refractivity contribution is 4.70. The maximum atomic E-state index is 5.74. The van der Waals surface area contributed by atoms with Gasteiger partial charge >= 0.3 is 0 Å². The molecule has 0 aromatic heterocycles. The molecule has 0 aliphatic rings. The molecule has 0 atom stereocenters. The van der Waals surface area contributed by atoms with Crippen molar-refractivity contribution >= 4 is 0 Å². The largest absolute Gasteiger partial charge is 0.382 e. The fourth-order valence-electron chi connectivity index (χ4n) is 0.580. The summed E-state index contributed by atoms with van der Waals surface area (Å²) in [6, 6.07) is 0. The molecule has 11 heavy (non-hydrogen) atoms. The third kappa shape index (κ3) is 9.88. The Morgan fingerprint density at radius 2 is 1.82 bits per heavy atom. The van der Waals surface area contributed by atoms with Gasteiger partial charge in [0.15, 0.2) is 0 Å². The van der Waals surface area contributed by atoms with Gasteiger partial charge in [-0.1, -0.05) is 0 Å². The minimum absolute atomic E-state index is 0.118. The van der Waals surface area contributed by atoms with Crippen molar-refractivity contribution in [3.05, 3.63) is 0 Å². The second-order valence-corrected chi connectivity index (χ2v) is 3.34. The molecule has 0 fully saturated rings. The van der Waals surface area contributed by atoms with Crippen LogP contribution in [0.25, 0.3) is 0 Å². The Morgan fingerprint density at radius 1 is 1.18 bits per heavy atom. The topological polar surface area (TPSA) is 44.5 Å². The number of hydrogen-bond donors (Lipinski definition) is 1. The molecule has 3 heteroatoms. The third-order valence-corrected chi connectivity index (χ3v) is 1.32. The molecule has 0 radical (unpaired) electrons. The average Bonchev–Trinajstić information content (AvgIpc) is 1.85. The van der Waals surface area contributed by atoms with Crippen LogP contribution in [-0.4, -0.2) is 32.5 Å². The lowest BCUT2D eigenvalue weighted by molar-refractivity contribution is 0.0633. The summed E-state index contributed by atoms with van der Waals surface area (Å²) in [6.07, 6.45) is 0.886. The molecule has 0 rings (SSSR count). The van der Waals surface area contributed by atoms with E-state index in [1.54, 1.807) is 7.11 Å². The van der Waals surface area contributed by atoms with Crippen LogP contribution in [0.2, 0.25) is 0 Å². The summed E-state index contributed by atoms with van der Waals surface area (Å²) in [6.45, 7) is 6.02. The van der Waals surface area contributed by atoms with Crippen LogP contribution in [0.1, 0.15) is 20.3 Å². The van der Waals surface area contributed by atoms with Crippen molar-refractivity contribution in [1.29, 1.82) is 0 Å². The molecule has 0 aromatic carbocycles. The highest BCUT2D eigenvalue weighted by atomic mass is 16.5. The van der Waals surface area contributed by atoms with Crippen molar-refractivity contribution < 1.29 is 9.47 Å². The molecule has 0 saturated carbocycles. The molecule has 0 amide bonds. The molecule has 0 spiro atoms. The van der Waals surface area contributed by atoms with Crippen LogP contribution in [0.15, 0.2) is 0 Å². The minimum Gasteiger partial charge on any atom is -0.382 e. The standard InChI is InChI=1S/C8H19NO2/c1-8(2,9)4-5-11-7-6-10-3/h4-7,9H2,1-3H3. The van der Waals surface area contributed by atoms with Gasteiger partial charge in [0, 0.05) is 19.3 Å². The van der Waals surface area contributed by atoms with E-state index in [0.29, 0.717) is 19.8 Å². The van der Waals surface area contributed by atoms with Gasteiger partial charge in [0.05, 0.1) is 13.2 Å². The van der Waals surface area contributed by atoms with Crippen LogP contribution in [0.3, 0.4) is 0 Å². The van der Waals surface area contributed by atoms with E-state index in [2.05, 4.69) is 0 Å². The highest BCUT2D eigenvalue weighted by Crippen LogP contribution is 2.02. The third-order valence-electron chi connectivity index (χ3n) is 1.32. The van der Waals surface area contributed by atoms with Crippen LogP contribution < -0.4 is 5.73 Å². The summed E-state index contributed by atoms with van der Waals surface area (Å²) in [4.78, 5) is 0. The van der Waals surface area contributed by atoms with E-state index in [-0.39, 0.29) is 5.54 Å². The summed E-state index contributed by atoms with van der Waals surface area (Å²) >= 11 is 0. The van der Waals surface area contributed by atoms with Crippen LogP contribution in [0.5, 0.6) is 0 Å². The molecular formula is C8H19NO2. The van der Waals surface area contributed by atoms with Gasteiger partial charge in [0.25, 0.3) is 0 Å². The molecular weight excluding hydrogens is 142 g/mol. The lowest BCUT2D eigenvalue weighted by atomic mass is 10.0. The molecule has 0 aromatic rings. The fourth-order valence-corrected chi connectivity index (χ4v) is 0.580. The SMILES string of the molecule is COCCOCCC(C)(C)N. The monoisotopic (exact) mass is 161 g/mol. The Hall–Kier alpha value is -0.120. The van der Waals surface area contributed by atoms with Crippen molar-refractivity contribution in [3.8, 4) is 0 Å². The Morgan fingerprint density at radius 3 is 2.27 bits per heavy atom. The predicted molar refractivity (Wildman–Crippen MR) is 45.6 cm³/mol. The maximum absolute atomic E-state index is 5.74. The second-order valence-electron chi connectivity index (χ2n) is 3.34. The fraction of sp³-hybridized carbons (Fsp3) is 1.00.